The Morgan fingerprint density at radius 1 is 1.15 bits per heavy atom. The van der Waals surface area contributed by atoms with Crippen LogP contribution in [0.1, 0.15) is 32.7 Å². The molecule has 2 aromatic rings. The molecule has 3 heterocycles. The van der Waals surface area contributed by atoms with E-state index in [1.165, 1.54) is 9.13 Å². The lowest BCUT2D eigenvalue weighted by molar-refractivity contribution is -0.135. The molecule has 26 heavy (non-hydrogen) atoms. The van der Waals surface area contributed by atoms with Gasteiger partial charge in [0.25, 0.3) is 0 Å². The molecule has 0 aliphatic carbocycles. The van der Waals surface area contributed by atoms with E-state index in [-0.39, 0.29) is 24.1 Å². The second-order valence-electron chi connectivity index (χ2n) is 6.20. The average Bonchev–Trinajstić information content (AvgIpc) is 2.85. The number of ether oxygens (including phenoxy) is 1. The van der Waals surface area contributed by atoms with Gasteiger partial charge in [0.1, 0.15) is 23.4 Å². The second kappa shape index (κ2) is 7.33. The molecular weight excluding hydrogens is 336 g/mol. The van der Waals surface area contributed by atoms with Gasteiger partial charge in [0.15, 0.2) is 0 Å². The summed E-state index contributed by atoms with van der Waals surface area (Å²) >= 11 is 0. The van der Waals surface area contributed by atoms with Crippen molar-refractivity contribution in [2.45, 2.75) is 38.8 Å². The van der Waals surface area contributed by atoms with Crippen LogP contribution in [0.4, 0.5) is 0 Å². The van der Waals surface area contributed by atoms with Gasteiger partial charge in [0, 0.05) is 26.6 Å². The van der Waals surface area contributed by atoms with Gasteiger partial charge in [0.05, 0.1) is 5.52 Å². The third kappa shape index (κ3) is 3.01. The summed E-state index contributed by atoms with van der Waals surface area (Å²) in [6, 6.07) is 4.76. The lowest BCUT2D eigenvalue weighted by atomic mass is 10.1. The Bertz CT molecular complexity index is 894. The number of nitrogens with zero attached hydrogens (tertiary/aromatic N) is 2. The Hall–Kier alpha value is -2.61. The average molecular weight is 360 g/mol. The van der Waals surface area contributed by atoms with Crippen molar-refractivity contribution < 1.29 is 14.3 Å². The van der Waals surface area contributed by atoms with Crippen molar-refractivity contribution in [3.05, 3.63) is 28.7 Å². The van der Waals surface area contributed by atoms with Gasteiger partial charge in [0.2, 0.25) is 11.8 Å². The monoisotopic (exact) mass is 360 g/mol. The van der Waals surface area contributed by atoms with Crippen molar-refractivity contribution in [3.63, 3.8) is 0 Å². The molecular formula is C18H24N4O4. The quantitative estimate of drug-likeness (QED) is 0.786. The van der Waals surface area contributed by atoms with Crippen molar-refractivity contribution >= 4 is 22.8 Å². The molecule has 1 aromatic heterocycles. The molecule has 2 aliphatic heterocycles. The van der Waals surface area contributed by atoms with Crippen molar-refractivity contribution in [2.24, 2.45) is 7.05 Å². The molecule has 2 saturated heterocycles. The van der Waals surface area contributed by atoms with Crippen LogP contribution in [0.5, 0.6) is 5.75 Å². The summed E-state index contributed by atoms with van der Waals surface area (Å²) in [5.41, 5.74) is 1.02. The van der Waals surface area contributed by atoms with Gasteiger partial charge in [-0.2, -0.15) is 0 Å². The summed E-state index contributed by atoms with van der Waals surface area (Å²) in [5, 5.41) is 5.45. The van der Waals surface area contributed by atoms with Crippen LogP contribution in [0, 0.1) is 0 Å². The molecule has 140 valence electrons. The van der Waals surface area contributed by atoms with Crippen molar-refractivity contribution in [1.29, 1.82) is 0 Å². The fourth-order valence-corrected chi connectivity index (χ4v) is 3.25. The van der Waals surface area contributed by atoms with E-state index in [4.69, 9.17) is 4.74 Å². The van der Waals surface area contributed by atoms with E-state index in [0.29, 0.717) is 23.2 Å². The first-order valence-electron chi connectivity index (χ1n) is 8.97. The second-order valence-corrected chi connectivity index (χ2v) is 6.20. The van der Waals surface area contributed by atoms with E-state index in [1.54, 1.807) is 13.1 Å². The Morgan fingerprint density at radius 2 is 1.88 bits per heavy atom. The molecule has 0 spiro atoms. The Balaban J connectivity index is 0.000000948. The van der Waals surface area contributed by atoms with Gasteiger partial charge >= 0.3 is 5.69 Å². The van der Waals surface area contributed by atoms with E-state index < -0.39 is 11.9 Å². The van der Waals surface area contributed by atoms with Gasteiger partial charge in [-0.3, -0.25) is 24.0 Å². The zero-order valence-electron chi connectivity index (χ0n) is 15.2. The van der Waals surface area contributed by atoms with Crippen LogP contribution >= 0.6 is 0 Å². The third-order valence-corrected chi connectivity index (χ3v) is 4.63. The Morgan fingerprint density at radius 3 is 2.50 bits per heavy atom. The molecule has 0 saturated carbocycles. The van der Waals surface area contributed by atoms with Crippen molar-refractivity contribution in [2.75, 3.05) is 13.1 Å². The number of hydrogen-bond donors (Lipinski definition) is 2. The van der Waals surface area contributed by atoms with Crippen LogP contribution < -0.4 is 21.1 Å². The molecule has 1 aromatic carbocycles. The number of carbonyl (C=O) groups is 2. The maximum absolute atomic E-state index is 12.7. The summed E-state index contributed by atoms with van der Waals surface area (Å²) in [4.78, 5) is 36.3. The zero-order chi connectivity index (χ0) is 18.8. The highest BCUT2D eigenvalue weighted by Gasteiger charge is 2.32. The number of amides is 2. The largest absolute Gasteiger partial charge is 0.485 e. The Kier molecular flexibility index (Phi) is 5.13. The smallest absolute Gasteiger partial charge is 0.329 e. The first kappa shape index (κ1) is 18.2. The predicted octanol–water partition coefficient (Wildman–Crippen LogP) is 0.694. The molecule has 1 atom stereocenters. The van der Waals surface area contributed by atoms with E-state index in [9.17, 15) is 14.4 Å². The summed E-state index contributed by atoms with van der Waals surface area (Å²) in [6.07, 6.45) is 0.634. The van der Waals surface area contributed by atoms with Gasteiger partial charge in [-0.25, -0.2) is 4.79 Å². The van der Waals surface area contributed by atoms with Gasteiger partial charge in [-0.15, -0.1) is 0 Å². The zero-order valence-corrected chi connectivity index (χ0v) is 15.2. The summed E-state index contributed by atoms with van der Waals surface area (Å²) in [6.45, 7) is 5.55. The molecule has 2 fully saturated rings. The molecule has 2 amide bonds. The minimum atomic E-state index is -0.681. The predicted molar refractivity (Wildman–Crippen MR) is 97.2 cm³/mol. The van der Waals surface area contributed by atoms with Crippen LogP contribution in [-0.4, -0.2) is 40.1 Å². The lowest BCUT2D eigenvalue weighted by Gasteiger charge is -2.28. The first-order chi connectivity index (χ1) is 12.6. The molecule has 4 rings (SSSR count). The van der Waals surface area contributed by atoms with Crippen LogP contribution in [0.15, 0.2) is 23.0 Å². The molecule has 0 radical (unpaired) electrons. The number of carbonyl (C=O) groups excluding carboxylic acids is 2. The lowest BCUT2D eigenvalue weighted by Crippen LogP contribution is -2.50. The van der Waals surface area contributed by atoms with Crippen LogP contribution in [0.25, 0.3) is 11.0 Å². The number of aromatic nitrogens is 2. The van der Waals surface area contributed by atoms with Crippen LogP contribution in [0.2, 0.25) is 0 Å². The van der Waals surface area contributed by atoms with Crippen LogP contribution in [0.3, 0.4) is 0 Å². The number of imide groups is 1. The molecule has 2 N–H and O–H groups in total. The number of para-hydroxylation sites is 1. The summed E-state index contributed by atoms with van der Waals surface area (Å²) in [5.74, 6) is -0.106. The van der Waals surface area contributed by atoms with E-state index in [1.807, 2.05) is 26.0 Å². The number of aryl methyl sites for hydroxylation is 1. The van der Waals surface area contributed by atoms with Crippen molar-refractivity contribution in [3.8, 4) is 5.75 Å². The van der Waals surface area contributed by atoms with Crippen LogP contribution in [-0.2, 0) is 16.6 Å². The molecule has 2 aliphatic rings. The van der Waals surface area contributed by atoms with Gasteiger partial charge in [-0.1, -0.05) is 19.9 Å². The minimum absolute atomic E-state index is 0.0876. The summed E-state index contributed by atoms with van der Waals surface area (Å²) < 4.78 is 8.92. The maximum atomic E-state index is 12.7. The minimum Gasteiger partial charge on any atom is -0.485 e. The number of rotatable bonds is 3. The molecule has 8 nitrogen and oxygen atoms in total. The van der Waals surface area contributed by atoms with E-state index in [2.05, 4.69) is 10.6 Å². The molecule has 0 bridgehead atoms. The highest BCUT2D eigenvalue weighted by molar-refractivity contribution is 6.00. The maximum Gasteiger partial charge on any atom is 0.329 e. The highest BCUT2D eigenvalue weighted by atomic mass is 16.5. The Labute approximate surface area is 151 Å². The normalized spacial score (nSPS) is 20.2. The third-order valence-electron chi connectivity index (χ3n) is 4.63. The topological polar surface area (TPSA) is 94.4 Å². The number of benzene rings is 1. The molecule has 1 unspecified atom stereocenters. The summed E-state index contributed by atoms with van der Waals surface area (Å²) in [7, 11) is 1.67. The number of fused-ring (bicyclic) bond motifs is 1. The standard InChI is InChI=1S/C16H18N4O4.C2H6/c1-19-14-10(3-2-4-12(14)24-9-7-17-8-9)20(16(19)23)11-5-6-13(21)18-15(11)22;1-2/h2-4,9,11,17H,5-8H2,1H3,(H,18,21,22);1-2H3. The van der Waals surface area contributed by atoms with E-state index in [0.717, 1.165) is 13.1 Å². The van der Waals surface area contributed by atoms with E-state index >= 15 is 0 Å². The van der Waals surface area contributed by atoms with Gasteiger partial charge < -0.3 is 10.1 Å². The number of hydrogen-bond acceptors (Lipinski definition) is 5. The fourth-order valence-electron chi connectivity index (χ4n) is 3.25. The number of nitrogens with one attached hydrogen (secondary N) is 2. The van der Waals surface area contributed by atoms with Crippen molar-refractivity contribution in [1.82, 2.24) is 19.8 Å². The molecule has 8 heteroatoms. The highest BCUT2D eigenvalue weighted by Crippen LogP contribution is 2.29. The first-order valence-corrected chi connectivity index (χ1v) is 8.97. The number of piperidine rings is 1. The van der Waals surface area contributed by atoms with Gasteiger partial charge in [-0.05, 0) is 18.6 Å². The fraction of sp³-hybridized carbons (Fsp3) is 0.500. The number of imidazole rings is 1. The SMILES string of the molecule is CC.Cn1c(=O)n(C2CCC(=O)NC2=O)c2cccc(OC3CNC3)c21.